The van der Waals surface area contributed by atoms with Crippen LogP contribution in [0, 0.1) is 0 Å². The van der Waals surface area contributed by atoms with Crippen LogP contribution in [0.25, 0.3) is 69.2 Å². The highest BCUT2D eigenvalue weighted by Gasteiger charge is 2.22. The van der Waals surface area contributed by atoms with Crippen LogP contribution < -0.4 is 9.80 Å². The number of benzene rings is 9. The van der Waals surface area contributed by atoms with Gasteiger partial charge in [0.2, 0.25) is 0 Å². The number of anilines is 6. The largest absolute Gasteiger partial charge is 0.313 e. The van der Waals surface area contributed by atoms with E-state index in [1.807, 2.05) is 11.3 Å². The summed E-state index contributed by atoms with van der Waals surface area (Å²) in [6.45, 7) is 0. The van der Waals surface area contributed by atoms with Crippen molar-refractivity contribution >= 4 is 115 Å². The summed E-state index contributed by atoms with van der Waals surface area (Å²) in [5.74, 6) is 0. The van der Waals surface area contributed by atoms with Gasteiger partial charge in [0, 0.05) is 70.2 Å². The first-order chi connectivity index (χ1) is 29.8. The van der Waals surface area contributed by atoms with Gasteiger partial charge >= 0.3 is 0 Å². The van der Waals surface area contributed by atoms with Crippen molar-refractivity contribution in [1.82, 2.24) is 4.57 Å². The monoisotopic (exact) mass is 785 g/mol. The minimum Gasteiger partial charge on any atom is -0.313 e. The first-order valence-electron chi connectivity index (χ1n) is 20.7. The normalized spacial score (nSPS) is 12.9. The van der Waals surface area contributed by atoms with Crippen molar-refractivity contribution in [2.24, 2.45) is 0 Å². The van der Waals surface area contributed by atoms with Crippen molar-refractivity contribution in [2.75, 3.05) is 9.80 Å². The number of fused-ring (bicyclic) bond motifs is 8. The van der Waals surface area contributed by atoms with Crippen LogP contribution in [0.3, 0.4) is 0 Å². The molecule has 11 aromatic rings. The van der Waals surface area contributed by atoms with Gasteiger partial charge in [-0.25, -0.2) is 0 Å². The molecule has 2 aromatic heterocycles. The molecule has 3 nitrogen and oxygen atoms in total. The number of hydrogen-bond acceptors (Lipinski definition) is 3. The van der Waals surface area contributed by atoms with Crippen molar-refractivity contribution in [3.63, 3.8) is 0 Å². The van der Waals surface area contributed by atoms with Crippen LogP contribution in [0.5, 0.6) is 0 Å². The van der Waals surface area contributed by atoms with E-state index in [0.29, 0.717) is 0 Å². The fourth-order valence-corrected chi connectivity index (χ4v) is 10.6. The first kappa shape index (κ1) is 34.6. The minimum absolute atomic E-state index is 0.987. The van der Waals surface area contributed by atoms with E-state index in [1.54, 1.807) is 0 Å². The maximum absolute atomic E-state index is 2.54. The fraction of sp³-hybridized carbons (Fsp3) is 0.0357. The molecule has 0 bridgehead atoms. The molecule has 12 rings (SSSR count). The van der Waals surface area contributed by atoms with Gasteiger partial charge in [-0.1, -0.05) is 133 Å². The predicted octanol–water partition coefficient (Wildman–Crippen LogP) is 16.6. The lowest BCUT2D eigenvalue weighted by atomic mass is 10.0. The predicted molar refractivity (Wildman–Crippen MR) is 259 cm³/mol. The Kier molecular flexibility index (Phi) is 8.17. The van der Waals surface area contributed by atoms with Crippen LogP contribution in [-0.4, -0.2) is 4.57 Å². The molecule has 284 valence electrons. The average molecular weight is 786 g/mol. The molecule has 1 aliphatic rings. The number of rotatable bonds is 7. The van der Waals surface area contributed by atoms with E-state index < -0.39 is 0 Å². The zero-order valence-corrected chi connectivity index (χ0v) is 33.7. The summed E-state index contributed by atoms with van der Waals surface area (Å²) < 4.78 is 5.12. The molecular weight excluding hydrogens is 747 g/mol. The first-order valence-corrected chi connectivity index (χ1v) is 21.5. The van der Waals surface area contributed by atoms with Crippen molar-refractivity contribution < 1.29 is 0 Å². The van der Waals surface area contributed by atoms with Crippen molar-refractivity contribution in [1.29, 1.82) is 0 Å². The summed E-state index contributed by atoms with van der Waals surface area (Å²) in [5.41, 5.74) is 10.7. The number of thiophene rings is 1. The van der Waals surface area contributed by atoms with Gasteiger partial charge in [0.1, 0.15) is 0 Å². The molecule has 1 aliphatic carbocycles. The van der Waals surface area contributed by atoms with Gasteiger partial charge < -0.3 is 14.4 Å². The van der Waals surface area contributed by atoms with E-state index in [1.165, 1.54) is 80.6 Å². The Labute approximate surface area is 352 Å². The Balaban J connectivity index is 1.06. The van der Waals surface area contributed by atoms with Gasteiger partial charge in [0.25, 0.3) is 0 Å². The molecule has 9 aromatic carbocycles. The molecule has 0 unspecified atom stereocenters. The third-order valence-electron chi connectivity index (χ3n) is 12.2. The van der Waals surface area contributed by atoms with Gasteiger partial charge in [-0.2, -0.15) is 0 Å². The second-order valence-electron chi connectivity index (χ2n) is 15.6. The maximum Gasteiger partial charge on any atom is 0.0558 e. The number of hydrogen-bond donors (Lipinski definition) is 0. The van der Waals surface area contributed by atoms with Crippen LogP contribution in [-0.2, 0) is 0 Å². The lowest BCUT2D eigenvalue weighted by Gasteiger charge is -2.27. The number of allylic oxidation sites excluding steroid dienone is 4. The third kappa shape index (κ3) is 5.64. The quantitative estimate of drug-likeness (QED) is 0.159. The Morgan fingerprint density at radius 2 is 0.950 bits per heavy atom. The van der Waals surface area contributed by atoms with Crippen LogP contribution in [0.1, 0.15) is 12.8 Å². The Hall–Kier alpha value is -7.40. The van der Waals surface area contributed by atoms with E-state index in [9.17, 15) is 0 Å². The lowest BCUT2D eigenvalue weighted by Crippen LogP contribution is -2.10. The molecule has 0 saturated carbocycles. The molecule has 0 atom stereocenters. The van der Waals surface area contributed by atoms with Gasteiger partial charge in [-0.3, -0.25) is 0 Å². The third-order valence-corrected chi connectivity index (χ3v) is 13.3. The van der Waals surface area contributed by atoms with Crippen LogP contribution >= 0.6 is 11.3 Å². The van der Waals surface area contributed by atoms with Crippen molar-refractivity contribution in [2.45, 2.75) is 12.8 Å². The molecule has 4 heteroatoms. The van der Waals surface area contributed by atoms with E-state index in [2.05, 4.69) is 227 Å². The molecule has 0 spiro atoms. The second kappa shape index (κ2) is 14.2. The minimum atomic E-state index is 0.987. The maximum atomic E-state index is 2.54. The standard InChI is InChI=1S/C56H39N3S/c1-4-20-40(21-5-1)57(51-28-14-18-38-16-10-12-26-45(38)51)43-30-32-47-49-37-56-50(36-54(49)59(53(47)34-43)42-24-8-3-9-25-42)48-33-31-44(35-55(48)60-56)58(41-22-6-2-7-23-41)52-29-15-19-39-17-11-13-27-46(39)52/h1-8,10-24,26-37H,9,25H2. The summed E-state index contributed by atoms with van der Waals surface area (Å²) in [7, 11) is 0. The van der Waals surface area contributed by atoms with E-state index in [4.69, 9.17) is 0 Å². The number of nitrogens with zero attached hydrogens (tertiary/aromatic N) is 3. The van der Waals surface area contributed by atoms with Crippen LogP contribution in [0.4, 0.5) is 34.1 Å². The Morgan fingerprint density at radius 3 is 1.58 bits per heavy atom. The SMILES string of the molecule is C1=CCCC(n2c3cc(N(c4ccccc4)c4cccc5ccccc45)ccc3c3cc4sc5cc(N(c6ccccc6)c6cccc7ccccc67)ccc5c4cc32)=C1. The zero-order chi connectivity index (χ0) is 39.6. The average Bonchev–Trinajstić information content (AvgIpc) is 3.83. The summed E-state index contributed by atoms with van der Waals surface area (Å²) in [6, 6.07) is 71.1. The van der Waals surface area contributed by atoms with Crippen molar-refractivity contribution in [3.05, 3.63) is 212 Å². The topological polar surface area (TPSA) is 11.4 Å². The summed E-state index contributed by atoms with van der Waals surface area (Å²) >= 11 is 1.89. The zero-order valence-electron chi connectivity index (χ0n) is 32.9. The molecular formula is C56H39N3S. The van der Waals surface area contributed by atoms with Gasteiger partial charge in [0.15, 0.2) is 0 Å². The molecule has 0 fully saturated rings. The van der Waals surface area contributed by atoms with Crippen LogP contribution in [0.2, 0.25) is 0 Å². The lowest BCUT2D eigenvalue weighted by molar-refractivity contribution is 0.979. The Bertz CT molecular complexity index is 3490. The van der Waals surface area contributed by atoms with E-state index in [0.717, 1.165) is 35.6 Å². The van der Waals surface area contributed by atoms with Crippen LogP contribution in [0.15, 0.2) is 212 Å². The molecule has 60 heavy (non-hydrogen) atoms. The smallest absolute Gasteiger partial charge is 0.0558 e. The summed E-state index contributed by atoms with van der Waals surface area (Å²) in [5, 5.41) is 10.0. The summed E-state index contributed by atoms with van der Waals surface area (Å²) in [4.78, 5) is 4.82. The number of para-hydroxylation sites is 2. The van der Waals surface area contributed by atoms with E-state index >= 15 is 0 Å². The van der Waals surface area contributed by atoms with E-state index in [-0.39, 0.29) is 0 Å². The van der Waals surface area contributed by atoms with Gasteiger partial charge in [-0.05, 0) is 102 Å². The molecule has 2 heterocycles. The Morgan fingerprint density at radius 1 is 0.400 bits per heavy atom. The number of aromatic nitrogens is 1. The molecule has 0 N–H and O–H groups in total. The fourth-order valence-electron chi connectivity index (χ4n) is 9.44. The highest BCUT2D eigenvalue weighted by Crippen LogP contribution is 2.47. The highest BCUT2D eigenvalue weighted by atomic mass is 32.1. The van der Waals surface area contributed by atoms with Crippen molar-refractivity contribution in [3.8, 4) is 0 Å². The van der Waals surface area contributed by atoms with Gasteiger partial charge in [-0.15, -0.1) is 11.3 Å². The summed E-state index contributed by atoms with van der Waals surface area (Å²) in [6.07, 6.45) is 8.82. The second-order valence-corrected chi connectivity index (χ2v) is 16.7. The van der Waals surface area contributed by atoms with Gasteiger partial charge in [0.05, 0.1) is 22.4 Å². The molecule has 0 saturated heterocycles. The molecule has 0 amide bonds. The highest BCUT2D eigenvalue weighted by molar-refractivity contribution is 7.26. The molecule has 0 aliphatic heterocycles. The molecule has 0 radical (unpaired) electrons.